The van der Waals surface area contributed by atoms with Crippen LogP contribution in [0, 0.1) is 69.0 Å². The quantitative estimate of drug-likeness (QED) is 0.223. The summed E-state index contributed by atoms with van der Waals surface area (Å²) in [6, 6.07) is 0. The average molecular weight is 674 g/mol. The van der Waals surface area contributed by atoms with Gasteiger partial charge in [0.1, 0.15) is 11.9 Å². The van der Waals surface area contributed by atoms with Crippen molar-refractivity contribution in [2.75, 3.05) is 6.61 Å². The van der Waals surface area contributed by atoms with E-state index >= 15 is 0 Å². The smallest absolute Gasteiger partial charge is 0.308 e. The number of ether oxygens (including phenoxy) is 1. The van der Waals surface area contributed by atoms with Gasteiger partial charge in [-0.2, -0.15) is 0 Å². The number of carbonyl (C=O) groups excluding carboxylic acids is 3. The lowest BCUT2D eigenvalue weighted by atomic mass is 9.44. The minimum atomic E-state index is -1.93. The van der Waals surface area contributed by atoms with Gasteiger partial charge in [0.2, 0.25) is 5.91 Å². The molecule has 1 N–H and O–H groups in total. The molecule has 6 aliphatic carbocycles. The fraction of sp³-hybridized carbons (Fsp3) is 0.923. The van der Waals surface area contributed by atoms with Gasteiger partial charge in [-0.05, 0) is 141 Å². The van der Waals surface area contributed by atoms with E-state index in [1.807, 2.05) is 6.92 Å². The van der Waals surface area contributed by atoms with Gasteiger partial charge in [-0.15, -0.1) is 0 Å². The molecule has 6 aliphatic rings. The van der Waals surface area contributed by atoms with Gasteiger partial charge in [-0.25, -0.2) is 4.21 Å². The van der Waals surface area contributed by atoms with E-state index in [1.165, 1.54) is 44.9 Å². The molecule has 8 heteroatoms. The van der Waals surface area contributed by atoms with E-state index in [0.29, 0.717) is 47.3 Å². The van der Waals surface area contributed by atoms with Crippen molar-refractivity contribution in [1.82, 2.24) is 4.72 Å². The first-order valence-corrected chi connectivity index (χ1v) is 20.3. The van der Waals surface area contributed by atoms with Gasteiger partial charge in [0.25, 0.3) is 11.3 Å². The van der Waals surface area contributed by atoms with Crippen LogP contribution in [0.3, 0.4) is 0 Å². The van der Waals surface area contributed by atoms with Gasteiger partial charge in [-0.1, -0.05) is 48.5 Å². The van der Waals surface area contributed by atoms with Gasteiger partial charge < -0.3 is 4.74 Å². The van der Waals surface area contributed by atoms with Crippen LogP contribution in [0.4, 0.5) is 0 Å². The number of nitrogens with one attached hydrogen (secondary N) is 1. The van der Waals surface area contributed by atoms with E-state index in [0.717, 1.165) is 56.3 Å². The second-order valence-corrected chi connectivity index (χ2v) is 19.1. The fourth-order valence-corrected chi connectivity index (χ4v) is 13.4. The second-order valence-electron chi connectivity index (χ2n) is 18.2. The third-order valence-corrected chi connectivity index (χ3v) is 17.0. The standard InChI is InChI=1S/C39H63NO6S/c1-8-24(2)35(43)46-28-16-18-37(6)27(21-28)10-11-29-31-13-12-30(38(31,7)19-17-32(29)37)25(3)9-14-34(42)40-47(44)45-23-39-20-15-26(22-33(39)41)36(39,4)5/h24-32H,8-23H2,1-7H3,(H,40,42). The minimum Gasteiger partial charge on any atom is -0.462 e. The molecule has 266 valence electrons. The molecule has 0 saturated heterocycles. The van der Waals surface area contributed by atoms with Gasteiger partial charge in [0.05, 0.1) is 17.9 Å². The topological polar surface area (TPSA) is 98.8 Å². The number of ketones is 1. The molecular formula is C39H63NO6S. The van der Waals surface area contributed by atoms with Crippen molar-refractivity contribution >= 4 is 28.9 Å². The lowest BCUT2D eigenvalue weighted by Crippen LogP contribution is -2.54. The SMILES string of the molecule is CCC(C)C(=O)OC1CCC2(C)C(CCC3C2CCC2(C)C(C(C)CCC(=O)NS(=O)OCC45CCC(CC4=O)C5(C)C)CCC32)C1. The Balaban J connectivity index is 0.990. The molecule has 13 atom stereocenters. The van der Waals surface area contributed by atoms with E-state index in [9.17, 15) is 18.6 Å². The number of hydrogen-bond donors (Lipinski definition) is 1. The summed E-state index contributed by atoms with van der Waals surface area (Å²) in [5, 5.41) is 0. The molecule has 47 heavy (non-hydrogen) atoms. The Hall–Kier alpha value is -1.28. The van der Waals surface area contributed by atoms with Gasteiger partial charge in [0, 0.05) is 12.8 Å². The molecule has 13 unspecified atom stereocenters. The Bertz CT molecular complexity index is 1250. The Labute approximate surface area is 287 Å². The molecule has 0 aromatic carbocycles. The highest BCUT2D eigenvalue weighted by Gasteiger charge is 2.64. The summed E-state index contributed by atoms with van der Waals surface area (Å²) in [4.78, 5) is 38.2. The van der Waals surface area contributed by atoms with Crippen molar-refractivity contribution in [3.8, 4) is 0 Å². The molecule has 0 aliphatic heterocycles. The molecule has 0 spiro atoms. The lowest BCUT2D eigenvalue weighted by Gasteiger charge is -2.61. The van der Waals surface area contributed by atoms with Crippen molar-refractivity contribution in [3.05, 3.63) is 0 Å². The Kier molecular flexibility index (Phi) is 9.92. The summed E-state index contributed by atoms with van der Waals surface area (Å²) in [7, 11) is 0. The van der Waals surface area contributed by atoms with Crippen LogP contribution < -0.4 is 4.72 Å². The van der Waals surface area contributed by atoms with Gasteiger partial charge in [-0.3, -0.25) is 23.3 Å². The molecule has 6 saturated carbocycles. The molecule has 0 aromatic heterocycles. The maximum absolute atomic E-state index is 12.9. The molecule has 2 bridgehead atoms. The third-order valence-electron chi connectivity index (χ3n) is 16.3. The van der Waals surface area contributed by atoms with Crippen molar-refractivity contribution in [2.24, 2.45) is 69.0 Å². The summed E-state index contributed by atoms with van der Waals surface area (Å²) >= 11 is -1.93. The van der Waals surface area contributed by atoms with Crippen LogP contribution in [0.5, 0.6) is 0 Å². The molecule has 7 nitrogen and oxygen atoms in total. The number of Topliss-reactive ketones (excluding diaryl/α,β-unsaturated/α-hetero) is 1. The zero-order chi connectivity index (χ0) is 33.9. The summed E-state index contributed by atoms with van der Waals surface area (Å²) in [6.07, 6.45) is 15.3. The summed E-state index contributed by atoms with van der Waals surface area (Å²) < 4.78 is 27.0. The highest BCUT2D eigenvalue weighted by atomic mass is 32.2. The van der Waals surface area contributed by atoms with Crippen LogP contribution in [0.15, 0.2) is 0 Å². The molecule has 0 heterocycles. The molecular weight excluding hydrogens is 610 g/mol. The van der Waals surface area contributed by atoms with Crippen LogP contribution in [-0.2, 0) is 34.6 Å². The number of rotatable bonds is 11. The van der Waals surface area contributed by atoms with E-state index < -0.39 is 16.7 Å². The van der Waals surface area contributed by atoms with Crippen LogP contribution >= 0.6 is 0 Å². The second kappa shape index (κ2) is 13.1. The van der Waals surface area contributed by atoms with Gasteiger partial charge >= 0.3 is 5.97 Å². The van der Waals surface area contributed by atoms with Gasteiger partial charge in [0.15, 0.2) is 0 Å². The Morgan fingerprint density at radius 1 is 0.915 bits per heavy atom. The van der Waals surface area contributed by atoms with E-state index in [-0.39, 0.29) is 41.7 Å². The average Bonchev–Trinajstić information content (AvgIpc) is 3.58. The number of carbonyl (C=O) groups is 3. The first-order valence-electron chi connectivity index (χ1n) is 19.2. The predicted octanol–water partition coefficient (Wildman–Crippen LogP) is 8.13. The van der Waals surface area contributed by atoms with Crippen LogP contribution in [-0.4, -0.2) is 34.6 Å². The van der Waals surface area contributed by atoms with Crippen LogP contribution in [0.2, 0.25) is 0 Å². The molecule has 1 amide bonds. The number of amides is 1. The number of esters is 1. The maximum Gasteiger partial charge on any atom is 0.308 e. The Morgan fingerprint density at radius 2 is 1.64 bits per heavy atom. The monoisotopic (exact) mass is 673 g/mol. The first-order chi connectivity index (χ1) is 22.2. The maximum atomic E-state index is 12.9. The normalized spacial score (nSPS) is 43.7. The van der Waals surface area contributed by atoms with Crippen LogP contribution in [0.1, 0.15) is 145 Å². The fourth-order valence-electron chi connectivity index (χ4n) is 12.7. The number of fused-ring (bicyclic) bond motifs is 7. The van der Waals surface area contributed by atoms with Crippen LogP contribution in [0.25, 0.3) is 0 Å². The van der Waals surface area contributed by atoms with Crippen molar-refractivity contribution in [1.29, 1.82) is 0 Å². The molecule has 6 rings (SSSR count). The van der Waals surface area contributed by atoms with E-state index in [1.54, 1.807) is 0 Å². The highest BCUT2D eigenvalue weighted by Crippen LogP contribution is 2.68. The summed E-state index contributed by atoms with van der Waals surface area (Å²) in [5.41, 5.74) is -0.0583. The van der Waals surface area contributed by atoms with E-state index in [4.69, 9.17) is 8.92 Å². The van der Waals surface area contributed by atoms with Crippen molar-refractivity contribution < 1.29 is 27.5 Å². The van der Waals surface area contributed by atoms with Crippen molar-refractivity contribution in [3.63, 3.8) is 0 Å². The lowest BCUT2D eigenvalue weighted by molar-refractivity contribution is -0.166. The Morgan fingerprint density at radius 3 is 2.32 bits per heavy atom. The number of hydrogen-bond acceptors (Lipinski definition) is 6. The molecule has 6 fully saturated rings. The zero-order valence-electron chi connectivity index (χ0n) is 30.4. The zero-order valence-corrected chi connectivity index (χ0v) is 31.2. The molecule has 0 aromatic rings. The minimum absolute atomic E-state index is 0.0119. The van der Waals surface area contributed by atoms with Crippen molar-refractivity contribution in [2.45, 2.75) is 151 Å². The largest absolute Gasteiger partial charge is 0.462 e. The van der Waals surface area contributed by atoms with E-state index in [2.05, 4.69) is 46.3 Å². The molecule has 0 radical (unpaired) electrons. The highest BCUT2D eigenvalue weighted by molar-refractivity contribution is 7.78. The summed E-state index contributed by atoms with van der Waals surface area (Å²) in [6.45, 7) is 15.9. The summed E-state index contributed by atoms with van der Waals surface area (Å²) in [5.74, 6) is 4.32. The predicted molar refractivity (Wildman–Crippen MR) is 184 cm³/mol. The third kappa shape index (κ3) is 5.99. The first kappa shape index (κ1) is 35.5.